The van der Waals surface area contributed by atoms with Crippen LogP contribution in [0.2, 0.25) is 0 Å². The van der Waals surface area contributed by atoms with Crippen molar-refractivity contribution >= 4 is 5.82 Å². The van der Waals surface area contributed by atoms with E-state index in [-0.39, 0.29) is 6.04 Å². The number of aromatic nitrogens is 3. The normalized spacial score (nSPS) is 16.5. The fourth-order valence-corrected chi connectivity index (χ4v) is 2.77. The maximum absolute atomic E-state index is 4.67. The zero-order chi connectivity index (χ0) is 14.2. The molecule has 3 aromatic rings. The van der Waals surface area contributed by atoms with Crippen LogP contribution in [0, 0.1) is 6.92 Å². The Bertz CT molecular complexity index is 764. The van der Waals surface area contributed by atoms with Gasteiger partial charge in [0.05, 0.1) is 17.4 Å². The van der Waals surface area contributed by atoms with Crippen molar-refractivity contribution in [3.8, 4) is 5.69 Å². The monoisotopic (exact) mass is 277 g/mol. The lowest BCUT2D eigenvalue weighted by Gasteiger charge is -2.10. The van der Waals surface area contributed by atoms with Crippen LogP contribution in [0.15, 0.2) is 54.9 Å². The Kier molecular flexibility index (Phi) is 2.72. The van der Waals surface area contributed by atoms with Crippen molar-refractivity contribution < 1.29 is 0 Å². The SMILES string of the molecule is Cc1nn(-c2ccccc2)c2c1[C@@H](c1cccnc1)NN2. The molecule has 0 radical (unpaired) electrons. The number of hydrogen-bond donors (Lipinski definition) is 2. The highest BCUT2D eigenvalue weighted by Crippen LogP contribution is 2.36. The molecule has 0 unspecified atom stereocenters. The van der Waals surface area contributed by atoms with E-state index in [0.29, 0.717) is 0 Å². The van der Waals surface area contributed by atoms with Gasteiger partial charge in [-0.1, -0.05) is 24.3 Å². The Morgan fingerprint density at radius 1 is 1.10 bits per heavy atom. The van der Waals surface area contributed by atoms with Crippen LogP contribution in [-0.4, -0.2) is 14.8 Å². The zero-order valence-corrected chi connectivity index (χ0v) is 11.6. The van der Waals surface area contributed by atoms with Gasteiger partial charge in [-0.15, -0.1) is 0 Å². The number of benzene rings is 1. The first-order chi connectivity index (χ1) is 10.3. The third-order valence-electron chi connectivity index (χ3n) is 3.75. The van der Waals surface area contributed by atoms with Crippen LogP contribution in [0.25, 0.3) is 5.69 Å². The Balaban J connectivity index is 1.83. The van der Waals surface area contributed by atoms with Crippen molar-refractivity contribution in [3.05, 3.63) is 71.7 Å². The molecule has 1 aromatic carbocycles. The minimum Gasteiger partial charge on any atom is -0.304 e. The molecule has 2 aromatic heterocycles. The second-order valence-corrected chi connectivity index (χ2v) is 5.08. The second kappa shape index (κ2) is 4.71. The van der Waals surface area contributed by atoms with Gasteiger partial charge in [0, 0.05) is 18.0 Å². The highest BCUT2D eigenvalue weighted by molar-refractivity contribution is 5.59. The molecule has 0 bridgehead atoms. The van der Waals surface area contributed by atoms with E-state index >= 15 is 0 Å². The van der Waals surface area contributed by atoms with Crippen LogP contribution >= 0.6 is 0 Å². The molecular weight excluding hydrogens is 262 g/mol. The molecule has 0 amide bonds. The summed E-state index contributed by atoms with van der Waals surface area (Å²) < 4.78 is 1.94. The molecule has 3 heterocycles. The van der Waals surface area contributed by atoms with Gasteiger partial charge in [-0.05, 0) is 30.7 Å². The lowest BCUT2D eigenvalue weighted by Crippen LogP contribution is -2.22. The molecule has 21 heavy (non-hydrogen) atoms. The van der Waals surface area contributed by atoms with Crippen LogP contribution in [0.5, 0.6) is 0 Å². The predicted octanol–water partition coefficient (Wildman–Crippen LogP) is 2.60. The zero-order valence-electron chi connectivity index (χ0n) is 11.6. The standard InChI is InChI=1S/C16H15N5/c1-11-14-15(12-6-5-9-17-10-12)18-19-16(14)21(20-11)13-7-3-2-4-8-13/h2-10,15,18-19H,1H3/t15-/m1/s1. The van der Waals surface area contributed by atoms with E-state index in [1.807, 2.05) is 54.2 Å². The molecule has 4 rings (SSSR count). The topological polar surface area (TPSA) is 54.8 Å². The van der Waals surface area contributed by atoms with Crippen molar-refractivity contribution in [3.63, 3.8) is 0 Å². The first-order valence-corrected chi connectivity index (χ1v) is 6.91. The molecule has 5 nitrogen and oxygen atoms in total. The summed E-state index contributed by atoms with van der Waals surface area (Å²) in [5.74, 6) is 0.993. The average molecular weight is 277 g/mol. The number of aryl methyl sites for hydroxylation is 1. The van der Waals surface area contributed by atoms with Crippen LogP contribution in [0.3, 0.4) is 0 Å². The number of pyridine rings is 1. The van der Waals surface area contributed by atoms with Gasteiger partial charge < -0.3 is 5.43 Å². The predicted molar refractivity (Wildman–Crippen MR) is 81.1 cm³/mol. The summed E-state index contributed by atoms with van der Waals surface area (Å²) in [4.78, 5) is 4.20. The molecule has 104 valence electrons. The first kappa shape index (κ1) is 12.1. The highest BCUT2D eigenvalue weighted by Gasteiger charge is 2.30. The van der Waals surface area contributed by atoms with E-state index in [1.54, 1.807) is 6.20 Å². The maximum atomic E-state index is 4.67. The van der Waals surface area contributed by atoms with E-state index in [4.69, 9.17) is 0 Å². The molecule has 0 spiro atoms. The van der Waals surface area contributed by atoms with Crippen molar-refractivity contribution in [2.45, 2.75) is 13.0 Å². The van der Waals surface area contributed by atoms with Crippen molar-refractivity contribution in [1.29, 1.82) is 0 Å². The molecule has 0 fully saturated rings. The summed E-state index contributed by atoms with van der Waals surface area (Å²) in [5, 5.41) is 4.67. The molecule has 5 heteroatoms. The van der Waals surface area contributed by atoms with E-state index in [0.717, 1.165) is 22.8 Å². The van der Waals surface area contributed by atoms with Gasteiger partial charge in [0.25, 0.3) is 0 Å². The number of fused-ring (bicyclic) bond motifs is 1. The Hall–Kier alpha value is -2.66. The largest absolute Gasteiger partial charge is 0.304 e. The molecule has 0 saturated carbocycles. The van der Waals surface area contributed by atoms with Crippen LogP contribution in [0.4, 0.5) is 5.82 Å². The molecule has 1 aliphatic heterocycles. The Labute approximate surface area is 122 Å². The van der Waals surface area contributed by atoms with E-state index in [1.165, 1.54) is 5.56 Å². The number of nitrogens with zero attached hydrogens (tertiary/aromatic N) is 3. The lowest BCUT2D eigenvalue weighted by atomic mass is 10.0. The number of rotatable bonds is 2. The molecule has 1 atom stereocenters. The van der Waals surface area contributed by atoms with Crippen LogP contribution < -0.4 is 10.9 Å². The minimum atomic E-state index is 0.0752. The van der Waals surface area contributed by atoms with Gasteiger partial charge in [-0.2, -0.15) is 5.10 Å². The fourth-order valence-electron chi connectivity index (χ4n) is 2.77. The van der Waals surface area contributed by atoms with Crippen molar-refractivity contribution in [2.75, 3.05) is 5.43 Å². The van der Waals surface area contributed by atoms with Crippen LogP contribution in [0.1, 0.15) is 22.9 Å². The van der Waals surface area contributed by atoms with Gasteiger partial charge >= 0.3 is 0 Å². The van der Waals surface area contributed by atoms with E-state index < -0.39 is 0 Å². The molecule has 0 aliphatic carbocycles. The molecule has 1 aliphatic rings. The summed E-state index contributed by atoms with van der Waals surface area (Å²) in [5.41, 5.74) is 10.9. The third kappa shape index (κ3) is 1.90. The Morgan fingerprint density at radius 3 is 2.71 bits per heavy atom. The van der Waals surface area contributed by atoms with Gasteiger partial charge in [-0.25, -0.2) is 10.1 Å². The van der Waals surface area contributed by atoms with Crippen LogP contribution in [-0.2, 0) is 0 Å². The summed E-state index contributed by atoms with van der Waals surface area (Å²) in [6.45, 7) is 2.04. The van der Waals surface area contributed by atoms with Gasteiger partial charge in [0.15, 0.2) is 0 Å². The summed E-state index contributed by atoms with van der Waals surface area (Å²) in [6.07, 6.45) is 3.67. The lowest BCUT2D eigenvalue weighted by molar-refractivity contribution is 0.706. The Morgan fingerprint density at radius 2 is 1.95 bits per heavy atom. The molecule has 2 N–H and O–H groups in total. The number of para-hydroxylation sites is 1. The summed E-state index contributed by atoms with van der Waals surface area (Å²) in [6, 6.07) is 14.2. The number of hydrazine groups is 1. The summed E-state index contributed by atoms with van der Waals surface area (Å²) in [7, 11) is 0. The smallest absolute Gasteiger partial charge is 0.149 e. The minimum absolute atomic E-state index is 0.0752. The number of nitrogens with one attached hydrogen (secondary N) is 2. The molecule has 0 saturated heterocycles. The summed E-state index contributed by atoms with van der Waals surface area (Å²) >= 11 is 0. The molecular formula is C16H15N5. The number of anilines is 1. The van der Waals surface area contributed by atoms with Crippen molar-refractivity contribution in [2.24, 2.45) is 0 Å². The van der Waals surface area contributed by atoms with E-state index in [2.05, 4.69) is 27.0 Å². The first-order valence-electron chi connectivity index (χ1n) is 6.91. The second-order valence-electron chi connectivity index (χ2n) is 5.08. The van der Waals surface area contributed by atoms with Crippen molar-refractivity contribution in [1.82, 2.24) is 20.2 Å². The third-order valence-corrected chi connectivity index (χ3v) is 3.75. The average Bonchev–Trinajstić information content (AvgIpc) is 3.11. The maximum Gasteiger partial charge on any atom is 0.149 e. The van der Waals surface area contributed by atoms with E-state index in [9.17, 15) is 0 Å². The fraction of sp³-hybridized carbons (Fsp3) is 0.125. The van der Waals surface area contributed by atoms with Gasteiger partial charge in [0.1, 0.15) is 5.82 Å². The highest BCUT2D eigenvalue weighted by atomic mass is 15.5. The quantitative estimate of drug-likeness (QED) is 0.756. The van der Waals surface area contributed by atoms with Gasteiger partial charge in [-0.3, -0.25) is 4.98 Å². The van der Waals surface area contributed by atoms with Gasteiger partial charge in [0.2, 0.25) is 0 Å². The number of hydrogen-bond acceptors (Lipinski definition) is 4.